The number of carbonyl (C=O) groups excluding carboxylic acids is 1. The number of hydrogen-bond acceptors (Lipinski definition) is 7. The van der Waals surface area contributed by atoms with Crippen LogP contribution in [0.1, 0.15) is 19.2 Å². The first-order valence-corrected chi connectivity index (χ1v) is 8.83. The zero-order valence-corrected chi connectivity index (χ0v) is 13.6. The second-order valence-corrected chi connectivity index (χ2v) is 6.51. The van der Waals surface area contributed by atoms with Crippen molar-refractivity contribution in [2.24, 2.45) is 0 Å². The van der Waals surface area contributed by atoms with E-state index in [4.69, 9.17) is 9.26 Å². The molecule has 0 saturated heterocycles. The molecule has 124 valence electrons. The molecule has 9 heteroatoms. The van der Waals surface area contributed by atoms with Crippen molar-refractivity contribution in [3.63, 3.8) is 0 Å². The van der Waals surface area contributed by atoms with Gasteiger partial charge >= 0.3 is 0 Å². The summed E-state index contributed by atoms with van der Waals surface area (Å²) in [6.45, 7) is 2.49. The molecular weight excluding hydrogens is 322 g/mol. The van der Waals surface area contributed by atoms with E-state index in [1.54, 1.807) is 24.3 Å². The van der Waals surface area contributed by atoms with Crippen LogP contribution in [0.4, 0.5) is 0 Å². The summed E-state index contributed by atoms with van der Waals surface area (Å²) in [6.07, 6.45) is 1.02. The molecule has 0 unspecified atom stereocenters. The molecule has 2 aromatic rings. The predicted molar refractivity (Wildman–Crippen MR) is 82.2 cm³/mol. The highest BCUT2D eigenvalue weighted by Crippen LogP contribution is 2.20. The zero-order valence-electron chi connectivity index (χ0n) is 12.8. The van der Waals surface area contributed by atoms with E-state index < -0.39 is 15.9 Å². The Morgan fingerprint density at radius 1 is 1.30 bits per heavy atom. The summed E-state index contributed by atoms with van der Waals surface area (Å²) in [7, 11) is -3.55. The molecule has 1 heterocycles. The molecule has 1 amide bonds. The maximum absolute atomic E-state index is 11.4. The van der Waals surface area contributed by atoms with E-state index in [1.165, 1.54) is 0 Å². The number of nitrogens with one attached hydrogen (secondary N) is 1. The standard InChI is InChI=1S/C14H17N3O5S/c1-3-21-11-6-4-10(5-7-11)14-15-13(22-16-14)9-8-12(18)17-23(2,19)20/h4-7H,3,8-9H2,1-2H3,(H,17,18). The largest absolute Gasteiger partial charge is 0.494 e. The van der Waals surface area contributed by atoms with Crippen LogP contribution in [0.15, 0.2) is 28.8 Å². The van der Waals surface area contributed by atoms with Gasteiger partial charge in [-0.25, -0.2) is 8.42 Å². The summed E-state index contributed by atoms with van der Waals surface area (Å²) in [4.78, 5) is 15.6. The lowest BCUT2D eigenvalue weighted by Gasteiger charge is -2.02. The lowest BCUT2D eigenvalue weighted by molar-refractivity contribution is -0.119. The molecule has 1 N–H and O–H groups in total. The van der Waals surface area contributed by atoms with Crippen molar-refractivity contribution >= 4 is 15.9 Å². The number of sulfonamides is 1. The molecule has 0 aliphatic rings. The number of carbonyl (C=O) groups is 1. The Hall–Kier alpha value is -2.42. The third-order valence-corrected chi connectivity index (χ3v) is 3.36. The number of nitrogens with zero attached hydrogens (tertiary/aromatic N) is 2. The minimum atomic E-state index is -3.55. The second kappa shape index (κ2) is 7.23. The smallest absolute Gasteiger partial charge is 0.233 e. The first-order valence-electron chi connectivity index (χ1n) is 6.94. The third kappa shape index (κ3) is 5.37. The van der Waals surface area contributed by atoms with Crippen molar-refractivity contribution in [2.75, 3.05) is 12.9 Å². The van der Waals surface area contributed by atoms with Gasteiger partial charge in [-0.2, -0.15) is 4.98 Å². The molecule has 1 aromatic heterocycles. The molecule has 0 saturated carbocycles. The van der Waals surface area contributed by atoms with Gasteiger partial charge in [0, 0.05) is 18.4 Å². The SMILES string of the molecule is CCOc1ccc(-c2noc(CCC(=O)NS(C)(=O)=O)n2)cc1. The van der Waals surface area contributed by atoms with Crippen molar-refractivity contribution in [1.29, 1.82) is 0 Å². The van der Waals surface area contributed by atoms with Gasteiger partial charge in [0.2, 0.25) is 27.6 Å². The zero-order chi connectivity index (χ0) is 16.9. The van der Waals surface area contributed by atoms with Gasteiger partial charge in [0.05, 0.1) is 12.9 Å². The fourth-order valence-electron chi connectivity index (χ4n) is 1.82. The number of aromatic nitrogens is 2. The van der Waals surface area contributed by atoms with Gasteiger partial charge in [-0.15, -0.1) is 0 Å². The fraction of sp³-hybridized carbons (Fsp3) is 0.357. The molecule has 0 atom stereocenters. The highest BCUT2D eigenvalue weighted by atomic mass is 32.2. The number of benzene rings is 1. The lowest BCUT2D eigenvalue weighted by Crippen LogP contribution is -2.29. The van der Waals surface area contributed by atoms with Gasteiger partial charge in [0.1, 0.15) is 5.75 Å². The van der Waals surface area contributed by atoms with Crippen LogP contribution >= 0.6 is 0 Å². The summed E-state index contributed by atoms with van der Waals surface area (Å²) < 4.78 is 34.1. The number of rotatable bonds is 7. The molecular formula is C14H17N3O5S. The average Bonchev–Trinajstić information content (AvgIpc) is 2.93. The summed E-state index contributed by atoms with van der Waals surface area (Å²) >= 11 is 0. The normalized spacial score (nSPS) is 11.2. The molecule has 1 aromatic carbocycles. The minimum Gasteiger partial charge on any atom is -0.494 e. The van der Waals surface area contributed by atoms with Crippen molar-refractivity contribution in [1.82, 2.24) is 14.9 Å². The maximum atomic E-state index is 11.4. The van der Waals surface area contributed by atoms with Crippen LogP contribution in [0.2, 0.25) is 0 Å². The van der Waals surface area contributed by atoms with E-state index in [2.05, 4.69) is 10.1 Å². The molecule has 0 aliphatic heterocycles. The van der Waals surface area contributed by atoms with Crippen LogP contribution in [0.25, 0.3) is 11.4 Å². The van der Waals surface area contributed by atoms with Gasteiger partial charge in [-0.05, 0) is 31.2 Å². The van der Waals surface area contributed by atoms with Crippen molar-refractivity contribution < 1.29 is 22.5 Å². The topological polar surface area (TPSA) is 111 Å². The highest BCUT2D eigenvalue weighted by molar-refractivity contribution is 7.89. The summed E-state index contributed by atoms with van der Waals surface area (Å²) in [5.41, 5.74) is 0.754. The Labute approximate surface area is 133 Å². The Morgan fingerprint density at radius 2 is 2.00 bits per heavy atom. The number of aryl methyl sites for hydroxylation is 1. The van der Waals surface area contributed by atoms with Crippen LogP contribution in [0, 0.1) is 0 Å². The van der Waals surface area contributed by atoms with E-state index in [1.807, 2.05) is 11.6 Å². The lowest BCUT2D eigenvalue weighted by atomic mass is 10.2. The molecule has 0 fully saturated rings. The minimum absolute atomic E-state index is 0.0576. The van der Waals surface area contributed by atoms with Crippen LogP contribution < -0.4 is 9.46 Å². The fourth-order valence-corrected chi connectivity index (χ4v) is 2.33. The first-order chi connectivity index (χ1) is 10.9. The Morgan fingerprint density at radius 3 is 2.61 bits per heavy atom. The summed E-state index contributed by atoms with van der Waals surface area (Å²) in [6, 6.07) is 7.20. The third-order valence-electron chi connectivity index (χ3n) is 2.76. The van der Waals surface area contributed by atoms with Gasteiger partial charge in [-0.1, -0.05) is 5.16 Å². The number of hydrogen-bond donors (Lipinski definition) is 1. The van der Waals surface area contributed by atoms with Gasteiger partial charge < -0.3 is 9.26 Å². The van der Waals surface area contributed by atoms with Crippen molar-refractivity contribution in [3.8, 4) is 17.1 Å². The molecule has 8 nitrogen and oxygen atoms in total. The highest BCUT2D eigenvalue weighted by Gasteiger charge is 2.13. The van der Waals surface area contributed by atoms with E-state index in [-0.39, 0.29) is 18.7 Å². The van der Waals surface area contributed by atoms with Gasteiger partial charge in [0.15, 0.2) is 0 Å². The quantitative estimate of drug-likeness (QED) is 0.805. The van der Waals surface area contributed by atoms with Crippen LogP contribution in [-0.4, -0.2) is 37.3 Å². The van der Waals surface area contributed by atoms with Crippen molar-refractivity contribution in [2.45, 2.75) is 19.8 Å². The van der Waals surface area contributed by atoms with Crippen molar-refractivity contribution in [3.05, 3.63) is 30.2 Å². The first kappa shape index (κ1) is 16.9. The van der Waals surface area contributed by atoms with Crippen LogP contribution in [0.3, 0.4) is 0 Å². The van der Waals surface area contributed by atoms with E-state index in [0.29, 0.717) is 12.4 Å². The summed E-state index contributed by atoms with van der Waals surface area (Å²) in [5, 5.41) is 3.84. The monoisotopic (exact) mass is 339 g/mol. The number of amides is 1. The Kier molecular flexibility index (Phi) is 5.32. The van der Waals surface area contributed by atoms with Gasteiger partial charge in [-0.3, -0.25) is 9.52 Å². The predicted octanol–water partition coefficient (Wildman–Crippen LogP) is 1.14. The van der Waals surface area contributed by atoms with E-state index in [9.17, 15) is 13.2 Å². The molecule has 0 aliphatic carbocycles. The molecule has 2 rings (SSSR count). The van der Waals surface area contributed by atoms with E-state index in [0.717, 1.165) is 17.6 Å². The average molecular weight is 339 g/mol. The maximum Gasteiger partial charge on any atom is 0.233 e. The Balaban J connectivity index is 1.96. The Bertz CT molecular complexity index is 768. The molecule has 0 radical (unpaired) electrons. The van der Waals surface area contributed by atoms with Crippen LogP contribution in [0.5, 0.6) is 5.75 Å². The molecule has 23 heavy (non-hydrogen) atoms. The van der Waals surface area contributed by atoms with E-state index >= 15 is 0 Å². The van der Waals surface area contributed by atoms with Gasteiger partial charge in [0.25, 0.3) is 0 Å². The molecule has 0 bridgehead atoms. The molecule has 0 spiro atoms. The number of ether oxygens (including phenoxy) is 1. The van der Waals surface area contributed by atoms with Crippen LogP contribution in [-0.2, 0) is 21.2 Å². The second-order valence-electron chi connectivity index (χ2n) is 4.77. The summed E-state index contributed by atoms with van der Waals surface area (Å²) in [5.74, 6) is 0.787.